The zero-order valence-electron chi connectivity index (χ0n) is 19.3. The molecule has 1 aromatic carbocycles. The molecule has 2 heterocycles. The number of rotatable bonds is 7. The quantitative estimate of drug-likeness (QED) is 0.589. The Morgan fingerprint density at radius 1 is 1.18 bits per heavy atom. The van der Waals surface area contributed by atoms with E-state index >= 15 is 0 Å². The molecule has 2 aliphatic carbocycles. The highest BCUT2D eigenvalue weighted by Gasteiger charge is 2.36. The fraction of sp³-hybridized carbons (Fsp3) is 0.560. The van der Waals surface area contributed by atoms with Gasteiger partial charge < -0.3 is 15.1 Å². The molecule has 2 fully saturated rings. The van der Waals surface area contributed by atoms with E-state index in [4.69, 9.17) is 23.2 Å². The molecule has 182 valence electrons. The van der Waals surface area contributed by atoms with Crippen molar-refractivity contribution in [2.24, 2.45) is 5.92 Å². The second kappa shape index (κ2) is 9.96. The van der Waals surface area contributed by atoms with E-state index in [1.807, 2.05) is 17.9 Å². The summed E-state index contributed by atoms with van der Waals surface area (Å²) in [5.41, 5.74) is 2.33. The van der Waals surface area contributed by atoms with Crippen LogP contribution >= 0.6 is 23.2 Å². The first-order chi connectivity index (χ1) is 16.4. The van der Waals surface area contributed by atoms with Crippen LogP contribution in [0.2, 0.25) is 10.0 Å². The lowest BCUT2D eigenvalue weighted by Crippen LogP contribution is -2.51. The van der Waals surface area contributed by atoms with Gasteiger partial charge >= 0.3 is 0 Å². The topological polar surface area (TPSA) is 61.4 Å². The van der Waals surface area contributed by atoms with Crippen molar-refractivity contribution in [3.05, 3.63) is 51.4 Å². The van der Waals surface area contributed by atoms with E-state index in [0.717, 1.165) is 29.4 Å². The molecule has 0 bridgehead atoms. The summed E-state index contributed by atoms with van der Waals surface area (Å²) in [5, 5.41) is 4.43. The summed E-state index contributed by atoms with van der Waals surface area (Å²) in [6.07, 6.45) is 3.41. The van der Waals surface area contributed by atoms with Crippen LogP contribution in [0.15, 0.2) is 24.5 Å². The van der Waals surface area contributed by atoms with Gasteiger partial charge in [-0.05, 0) is 55.3 Å². The molecule has 34 heavy (non-hydrogen) atoms. The average molecular weight is 506 g/mol. The Morgan fingerprint density at radius 2 is 1.94 bits per heavy atom. The number of anilines is 1. The summed E-state index contributed by atoms with van der Waals surface area (Å²) in [6, 6.07) is 5.46. The molecule has 1 amide bonds. The number of hydrogen-bond acceptors (Lipinski definition) is 5. The van der Waals surface area contributed by atoms with Crippen LogP contribution in [0, 0.1) is 5.92 Å². The lowest BCUT2D eigenvalue weighted by molar-refractivity contribution is -0.133. The van der Waals surface area contributed by atoms with E-state index in [2.05, 4.69) is 20.2 Å². The Kier molecular flexibility index (Phi) is 6.96. The van der Waals surface area contributed by atoms with E-state index in [1.165, 1.54) is 19.2 Å². The fourth-order valence-corrected chi connectivity index (χ4v) is 5.41. The third kappa shape index (κ3) is 4.88. The molecule has 2 aromatic rings. The summed E-state index contributed by atoms with van der Waals surface area (Å²) in [7, 11) is 0. The Hall–Kier alpha value is -1.96. The van der Waals surface area contributed by atoms with E-state index in [0.29, 0.717) is 54.9 Å². The van der Waals surface area contributed by atoms with Crippen LogP contribution in [0.4, 0.5) is 10.2 Å². The minimum Gasteiger partial charge on any atom is -0.353 e. The SMILES string of the molecule is C[C@@H]1C[C@H](F)c2ncnc(N3CCN(C(=O)[C@H](CNCC4CC4)c4ccc(Cl)c(Cl)c4)CC3)c21. The number of piperazine rings is 1. The molecule has 5 rings (SSSR count). The molecule has 1 saturated heterocycles. The highest BCUT2D eigenvalue weighted by Crippen LogP contribution is 2.44. The van der Waals surface area contributed by atoms with E-state index < -0.39 is 6.17 Å². The van der Waals surface area contributed by atoms with Gasteiger partial charge in [0.2, 0.25) is 5.91 Å². The Balaban J connectivity index is 1.28. The van der Waals surface area contributed by atoms with Gasteiger partial charge in [-0.15, -0.1) is 0 Å². The second-order valence-corrected chi connectivity index (χ2v) is 10.6. The van der Waals surface area contributed by atoms with Crippen LogP contribution in [-0.2, 0) is 4.79 Å². The van der Waals surface area contributed by atoms with Crippen molar-refractivity contribution in [1.82, 2.24) is 20.2 Å². The van der Waals surface area contributed by atoms with Crippen molar-refractivity contribution in [2.45, 2.75) is 44.2 Å². The van der Waals surface area contributed by atoms with Crippen molar-refractivity contribution in [1.29, 1.82) is 0 Å². The van der Waals surface area contributed by atoms with E-state index in [1.54, 1.807) is 12.1 Å². The molecule has 9 heteroatoms. The largest absolute Gasteiger partial charge is 0.353 e. The fourth-order valence-electron chi connectivity index (χ4n) is 5.10. The van der Waals surface area contributed by atoms with Crippen molar-refractivity contribution in [3.63, 3.8) is 0 Å². The zero-order valence-corrected chi connectivity index (χ0v) is 20.8. The Labute approximate surface area is 209 Å². The summed E-state index contributed by atoms with van der Waals surface area (Å²) in [5.74, 6) is 1.41. The maximum atomic E-state index is 14.4. The molecule has 1 N–H and O–H groups in total. The monoisotopic (exact) mass is 505 g/mol. The van der Waals surface area contributed by atoms with Gasteiger partial charge in [-0.2, -0.15) is 0 Å². The average Bonchev–Trinajstić information content (AvgIpc) is 3.62. The number of alkyl halides is 1. The first-order valence-corrected chi connectivity index (χ1v) is 12.9. The summed E-state index contributed by atoms with van der Waals surface area (Å²) in [6.45, 7) is 6.03. The molecule has 1 saturated carbocycles. The highest BCUT2D eigenvalue weighted by atomic mass is 35.5. The van der Waals surface area contributed by atoms with Crippen molar-refractivity contribution in [3.8, 4) is 0 Å². The number of amides is 1. The predicted octanol–water partition coefficient (Wildman–Crippen LogP) is 4.73. The molecule has 6 nitrogen and oxygen atoms in total. The number of fused-ring (bicyclic) bond motifs is 1. The van der Waals surface area contributed by atoms with Crippen molar-refractivity contribution in [2.75, 3.05) is 44.2 Å². The third-order valence-corrected chi connectivity index (χ3v) is 8.00. The molecule has 0 radical (unpaired) electrons. The highest BCUT2D eigenvalue weighted by molar-refractivity contribution is 6.42. The summed E-state index contributed by atoms with van der Waals surface area (Å²) in [4.78, 5) is 26.4. The molecule has 0 unspecified atom stereocenters. The van der Waals surface area contributed by atoms with Gasteiger partial charge in [0.05, 0.1) is 21.7 Å². The minimum atomic E-state index is -1.02. The number of benzene rings is 1. The van der Waals surface area contributed by atoms with Gasteiger partial charge in [-0.3, -0.25) is 4.79 Å². The van der Waals surface area contributed by atoms with Gasteiger partial charge in [-0.1, -0.05) is 36.2 Å². The van der Waals surface area contributed by atoms with Crippen molar-refractivity contribution >= 4 is 34.9 Å². The molecular weight excluding hydrogens is 476 g/mol. The lowest BCUT2D eigenvalue weighted by atomic mass is 9.96. The Bertz CT molecular complexity index is 1060. The Morgan fingerprint density at radius 3 is 2.65 bits per heavy atom. The van der Waals surface area contributed by atoms with Crippen LogP contribution in [0.3, 0.4) is 0 Å². The first kappa shape index (κ1) is 23.8. The first-order valence-electron chi connectivity index (χ1n) is 12.1. The molecule has 3 aliphatic rings. The summed E-state index contributed by atoms with van der Waals surface area (Å²) >= 11 is 12.4. The van der Waals surface area contributed by atoms with E-state index in [-0.39, 0.29) is 17.7 Å². The number of nitrogens with zero attached hydrogens (tertiary/aromatic N) is 4. The maximum absolute atomic E-state index is 14.4. The van der Waals surface area contributed by atoms with Crippen LogP contribution < -0.4 is 10.2 Å². The number of aromatic nitrogens is 2. The molecule has 1 aliphatic heterocycles. The number of hydrogen-bond donors (Lipinski definition) is 1. The third-order valence-electron chi connectivity index (χ3n) is 7.26. The van der Waals surface area contributed by atoms with Gasteiger partial charge in [-0.25, -0.2) is 14.4 Å². The van der Waals surface area contributed by atoms with Gasteiger partial charge in [0.15, 0.2) is 0 Å². The smallest absolute Gasteiger partial charge is 0.231 e. The standard InChI is InChI=1S/C25H30Cl2FN5O/c1-15-10-21(28)23-22(15)24(31-14-30-23)32-6-8-33(9-7-32)25(34)18(13-29-12-16-2-3-16)17-4-5-19(26)20(27)11-17/h4-5,11,14-16,18,21,29H,2-3,6-10,12-13H2,1H3/t15-,18-,21+/m1/s1. The van der Waals surface area contributed by atoms with Crippen LogP contribution in [-0.4, -0.2) is 60.0 Å². The normalized spacial score (nSPS) is 23.2. The number of carbonyl (C=O) groups is 1. The predicted molar refractivity (Wildman–Crippen MR) is 133 cm³/mol. The maximum Gasteiger partial charge on any atom is 0.231 e. The molecular formula is C25H30Cl2FN5O. The van der Waals surface area contributed by atoms with Crippen LogP contribution in [0.1, 0.15) is 61.0 Å². The van der Waals surface area contributed by atoms with Crippen molar-refractivity contribution < 1.29 is 9.18 Å². The van der Waals surface area contributed by atoms with Gasteiger partial charge in [0.25, 0.3) is 0 Å². The number of halogens is 3. The lowest BCUT2D eigenvalue weighted by Gasteiger charge is -2.38. The van der Waals surface area contributed by atoms with Gasteiger partial charge in [0.1, 0.15) is 18.3 Å². The molecule has 1 aromatic heterocycles. The van der Waals surface area contributed by atoms with E-state index in [9.17, 15) is 9.18 Å². The number of nitrogens with one attached hydrogen (secondary N) is 1. The second-order valence-electron chi connectivity index (χ2n) is 9.74. The zero-order chi connectivity index (χ0) is 23.8. The van der Waals surface area contributed by atoms with Gasteiger partial charge in [0, 0.05) is 38.3 Å². The van der Waals surface area contributed by atoms with Crippen LogP contribution in [0.5, 0.6) is 0 Å². The molecule has 0 spiro atoms. The van der Waals surface area contributed by atoms with Crippen LogP contribution in [0.25, 0.3) is 0 Å². The summed E-state index contributed by atoms with van der Waals surface area (Å²) < 4.78 is 14.4. The molecule has 3 atom stereocenters. The number of carbonyl (C=O) groups excluding carboxylic acids is 1. The minimum absolute atomic E-state index is 0.0893.